The molecule has 0 aromatic heterocycles. The lowest BCUT2D eigenvalue weighted by atomic mass is 10.2. The van der Waals surface area contributed by atoms with E-state index in [1.54, 1.807) is 12.1 Å². The topological polar surface area (TPSA) is 84.9 Å². The number of carbonyl (C=O) groups excluding carboxylic acids is 1. The largest absolute Gasteiger partial charge is 0.495 e. The van der Waals surface area contributed by atoms with Crippen molar-refractivity contribution in [3.8, 4) is 11.5 Å². The molecule has 29 heavy (non-hydrogen) atoms. The number of amides is 1. The van der Waals surface area contributed by atoms with E-state index in [4.69, 9.17) is 21.1 Å². The van der Waals surface area contributed by atoms with Crippen LogP contribution in [0.25, 0.3) is 0 Å². The zero-order valence-corrected chi connectivity index (χ0v) is 18.4. The second-order valence-corrected chi connectivity index (χ2v) is 8.61. The summed E-state index contributed by atoms with van der Waals surface area (Å²) >= 11 is 6.05. The molecule has 0 fully saturated rings. The number of ether oxygens (including phenoxy) is 2. The summed E-state index contributed by atoms with van der Waals surface area (Å²) in [7, 11) is -2.38. The number of para-hydroxylation sites is 1. The number of benzene rings is 2. The Balaban J connectivity index is 2.28. The van der Waals surface area contributed by atoms with Crippen LogP contribution < -0.4 is 19.1 Å². The van der Waals surface area contributed by atoms with Crippen LogP contribution in [-0.2, 0) is 21.4 Å². The number of nitrogens with one attached hydrogen (secondary N) is 1. The minimum atomic E-state index is -3.80. The molecule has 0 aliphatic rings. The molecule has 0 radical (unpaired) electrons. The molecule has 2 rings (SSSR count). The maximum Gasteiger partial charge on any atom is 0.243 e. The highest BCUT2D eigenvalue weighted by molar-refractivity contribution is 7.92. The molecular formula is C20H25ClN2O5S. The fraction of sp³-hybridized carbons (Fsp3) is 0.350. The summed E-state index contributed by atoms with van der Waals surface area (Å²) in [4.78, 5) is 12.8. The van der Waals surface area contributed by atoms with Gasteiger partial charge in [-0.3, -0.25) is 9.10 Å². The Labute approximate surface area is 176 Å². The van der Waals surface area contributed by atoms with E-state index < -0.39 is 22.0 Å². The minimum absolute atomic E-state index is 0.194. The number of hydrogen-bond acceptors (Lipinski definition) is 5. The standard InChI is InChI=1S/C20H25ClN2O5S/c1-5-28-18-9-7-6-8-15(18)13-22-20(24)14(2)23(29(4,25)26)17-12-16(21)10-11-19(17)27-3/h6-12,14H,5,13H2,1-4H3,(H,22,24). The Morgan fingerprint density at radius 2 is 1.90 bits per heavy atom. The van der Waals surface area contributed by atoms with Gasteiger partial charge in [0.15, 0.2) is 0 Å². The van der Waals surface area contributed by atoms with Gasteiger partial charge in [0.1, 0.15) is 17.5 Å². The fourth-order valence-electron chi connectivity index (χ4n) is 2.89. The maximum atomic E-state index is 12.8. The van der Waals surface area contributed by atoms with Crippen LogP contribution in [0.4, 0.5) is 5.69 Å². The number of nitrogens with zero attached hydrogens (tertiary/aromatic N) is 1. The molecule has 0 aliphatic carbocycles. The molecule has 2 aromatic rings. The van der Waals surface area contributed by atoms with Crippen LogP contribution in [0.5, 0.6) is 11.5 Å². The second-order valence-electron chi connectivity index (χ2n) is 6.31. The minimum Gasteiger partial charge on any atom is -0.495 e. The Morgan fingerprint density at radius 1 is 1.21 bits per heavy atom. The fourth-order valence-corrected chi connectivity index (χ4v) is 4.23. The average molecular weight is 441 g/mol. The predicted octanol–water partition coefficient (Wildman–Crippen LogP) is 3.22. The molecule has 1 N–H and O–H groups in total. The van der Waals surface area contributed by atoms with Crippen molar-refractivity contribution >= 4 is 33.2 Å². The van der Waals surface area contributed by atoms with Gasteiger partial charge < -0.3 is 14.8 Å². The lowest BCUT2D eigenvalue weighted by Crippen LogP contribution is -2.47. The zero-order chi connectivity index (χ0) is 21.6. The number of sulfonamides is 1. The molecule has 0 saturated carbocycles. The first-order chi connectivity index (χ1) is 13.7. The smallest absolute Gasteiger partial charge is 0.243 e. The highest BCUT2D eigenvalue weighted by atomic mass is 35.5. The van der Waals surface area contributed by atoms with Gasteiger partial charge in [0.25, 0.3) is 0 Å². The predicted molar refractivity (Wildman–Crippen MR) is 114 cm³/mol. The average Bonchev–Trinajstić information content (AvgIpc) is 2.66. The lowest BCUT2D eigenvalue weighted by molar-refractivity contribution is -0.122. The van der Waals surface area contributed by atoms with Gasteiger partial charge in [-0.1, -0.05) is 29.8 Å². The van der Waals surface area contributed by atoms with E-state index in [0.717, 1.165) is 16.1 Å². The molecule has 1 unspecified atom stereocenters. The van der Waals surface area contributed by atoms with E-state index in [-0.39, 0.29) is 12.2 Å². The van der Waals surface area contributed by atoms with E-state index in [0.29, 0.717) is 23.1 Å². The quantitative estimate of drug-likeness (QED) is 0.647. The molecule has 0 bridgehead atoms. The number of anilines is 1. The highest BCUT2D eigenvalue weighted by Crippen LogP contribution is 2.34. The van der Waals surface area contributed by atoms with Gasteiger partial charge in [0.05, 0.1) is 25.7 Å². The SMILES string of the molecule is CCOc1ccccc1CNC(=O)C(C)N(c1cc(Cl)ccc1OC)S(C)(=O)=O. The number of halogens is 1. The normalized spacial score (nSPS) is 12.2. The first kappa shape index (κ1) is 22.8. The van der Waals surface area contributed by atoms with Crippen molar-refractivity contribution in [1.82, 2.24) is 5.32 Å². The molecule has 0 spiro atoms. The third kappa shape index (κ3) is 5.77. The molecule has 2 aromatic carbocycles. The van der Waals surface area contributed by atoms with Crippen LogP contribution in [0.3, 0.4) is 0 Å². The third-order valence-electron chi connectivity index (χ3n) is 4.19. The summed E-state index contributed by atoms with van der Waals surface area (Å²) in [5.41, 5.74) is 0.987. The molecule has 1 atom stereocenters. The van der Waals surface area contributed by atoms with Crippen LogP contribution in [-0.4, -0.2) is 40.3 Å². The van der Waals surface area contributed by atoms with Crippen molar-refractivity contribution in [2.24, 2.45) is 0 Å². The van der Waals surface area contributed by atoms with E-state index >= 15 is 0 Å². The van der Waals surface area contributed by atoms with E-state index in [9.17, 15) is 13.2 Å². The first-order valence-electron chi connectivity index (χ1n) is 9.00. The Kier molecular flexibility index (Phi) is 7.75. The van der Waals surface area contributed by atoms with Crippen LogP contribution in [0.1, 0.15) is 19.4 Å². The monoisotopic (exact) mass is 440 g/mol. The highest BCUT2D eigenvalue weighted by Gasteiger charge is 2.31. The summed E-state index contributed by atoms with van der Waals surface area (Å²) in [5, 5.41) is 3.10. The Hall–Kier alpha value is -2.45. The van der Waals surface area contributed by atoms with Gasteiger partial charge in [-0.15, -0.1) is 0 Å². The molecule has 1 amide bonds. The van der Waals surface area contributed by atoms with Crippen molar-refractivity contribution in [2.75, 3.05) is 24.3 Å². The summed E-state index contributed by atoms with van der Waals surface area (Å²) in [5.74, 6) is 0.490. The molecule has 0 saturated heterocycles. The van der Waals surface area contributed by atoms with Crippen LogP contribution in [0.2, 0.25) is 5.02 Å². The van der Waals surface area contributed by atoms with E-state index in [1.807, 2.05) is 31.2 Å². The van der Waals surface area contributed by atoms with Crippen molar-refractivity contribution in [1.29, 1.82) is 0 Å². The van der Waals surface area contributed by atoms with Gasteiger partial charge in [-0.2, -0.15) is 0 Å². The van der Waals surface area contributed by atoms with Gasteiger partial charge in [0, 0.05) is 17.1 Å². The van der Waals surface area contributed by atoms with Crippen molar-refractivity contribution in [3.63, 3.8) is 0 Å². The molecule has 9 heteroatoms. The second kappa shape index (κ2) is 9.84. The maximum absolute atomic E-state index is 12.8. The molecule has 0 aliphatic heterocycles. The van der Waals surface area contributed by atoms with E-state index in [1.165, 1.54) is 20.1 Å². The van der Waals surface area contributed by atoms with Crippen LogP contribution in [0, 0.1) is 0 Å². The Morgan fingerprint density at radius 3 is 2.52 bits per heavy atom. The third-order valence-corrected chi connectivity index (χ3v) is 5.65. The lowest BCUT2D eigenvalue weighted by Gasteiger charge is -2.29. The summed E-state index contributed by atoms with van der Waals surface area (Å²) in [6.07, 6.45) is 1.03. The Bertz CT molecular complexity index is 965. The first-order valence-corrected chi connectivity index (χ1v) is 11.2. The molecular weight excluding hydrogens is 416 g/mol. The van der Waals surface area contributed by atoms with Crippen molar-refractivity contribution < 1.29 is 22.7 Å². The number of hydrogen-bond donors (Lipinski definition) is 1. The van der Waals surface area contributed by atoms with Crippen molar-refractivity contribution in [3.05, 3.63) is 53.1 Å². The summed E-state index contributed by atoms with van der Waals surface area (Å²) in [6, 6.07) is 10.9. The zero-order valence-electron chi connectivity index (χ0n) is 16.8. The van der Waals surface area contributed by atoms with Crippen LogP contribution in [0.15, 0.2) is 42.5 Å². The number of carbonyl (C=O) groups is 1. The van der Waals surface area contributed by atoms with Gasteiger partial charge in [0.2, 0.25) is 15.9 Å². The van der Waals surface area contributed by atoms with Gasteiger partial charge in [-0.05, 0) is 38.1 Å². The summed E-state index contributed by atoms with van der Waals surface area (Å²) < 4.78 is 36.8. The van der Waals surface area contributed by atoms with Crippen molar-refractivity contribution in [2.45, 2.75) is 26.4 Å². The number of methoxy groups -OCH3 is 1. The van der Waals surface area contributed by atoms with Gasteiger partial charge >= 0.3 is 0 Å². The van der Waals surface area contributed by atoms with E-state index in [2.05, 4.69) is 5.32 Å². The van der Waals surface area contributed by atoms with Gasteiger partial charge in [-0.25, -0.2) is 8.42 Å². The molecule has 7 nitrogen and oxygen atoms in total. The van der Waals surface area contributed by atoms with Crippen LogP contribution >= 0.6 is 11.6 Å². The summed E-state index contributed by atoms with van der Waals surface area (Å²) in [6.45, 7) is 4.08. The molecule has 158 valence electrons. The number of rotatable bonds is 9. The molecule has 0 heterocycles.